The van der Waals surface area contributed by atoms with Gasteiger partial charge in [-0.2, -0.15) is 0 Å². The second-order valence-corrected chi connectivity index (χ2v) is 8.04. The monoisotopic (exact) mass is 335 g/mol. The number of likely N-dealkylation sites (N-methyl/N-ethyl adjacent to an activating group) is 1. The van der Waals surface area contributed by atoms with Crippen molar-refractivity contribution in [3.05, 3.63) is 0 Å². The van der Waals surface area contributed by atoms with Crippen LogP contribution in [0.2, 0.25) is 0 Å². The average Bonchev–Trinajstić information content (AvgIpc) is 3.49. The molecule has 24 heavy (non-hydrogen) atoms. The Kier molecular flexibility index (Phi) is 6.14. The second kappa shape index (κ2) is 8.32. The molecule has 5 nitrogen and oxygen atoms in total. The minimum absolute atomic E-state index is 0.242. The number of carbonyl (C=O) groups is 2. The van der Waals surface area contributed by atoms with Crippen molar-refractivity contribution < 1.29 is 9.59 Å². The number of amides is 2. The fraction of sp³-hybridized carbons (Fsp3) is 0.895. The minimum Gasteiger partial charge on any atom is -0.344 e. The SMILES string of the molecule is CN(CCN(CCN1CCCC1)C(=O)CC1CC1)C(=O)CC1CC1. The largest absolute Gasteiger partial charge is 0.344 e. The summed E-state index contributed by atoms with van der Waals surface area (Å²) >= 11 is 0. The molecule has 1 aliphatic heterocycles. The normalized spacial score (nSPS) is 21.0. The van der Waals surface area contributed by atoms with Crippen LogP contribution in [0.4, 0.5) is 0 Å². The number of likely N-dealkylation sites (tertiary alicyclic amines) is 1. The fourth-order valence-electron chi connectivity index (χ4n) is 3.45. The third kappa shape index (κ3) is 5.76. The van der Waals surface area contributed by atoms with E-state index in [2.05, 4.69) is 4.90 Å². The lowest BCUT2D eigenvalue weighted by Crippen LogP contribution is -2.43. The first-order valence-electron chi connectivity index (χ1n) is 9.86. The number of hydrogen-bond donors (Lipinski definition) is 0. The van der Waals surface area contributed by atoms with Crippen LogP contribution in [-0.4, -0.2) is 72.8 Å². The third-order valence-electron chi connectivity index (χ3n) is 5.69. The van der Waals surface area contributed by atoms with Crippen molar-refractivity contribution in [3.8, 4) is 0 Å². The Morgan fingerprint density at radius 3 is 2.04 bits per heavy atom. The smallest absolute Gasteiger partial charge is 0.222 e. The van der Waals surface area contributed by atoms with E-state index >= 15 is 0 Å². The summed E-state index contributed by atoms with van der Waals surface area (Å²) in [6.45, 7) is 5.50. The van der Waals surface area contributed by atoms with Gasteiger partial charge in [-0.1, -0.05) is 0 Å². The highest BCUT2D eigenvalue weighted by Gasteiger charge is 2.28. The Labute approximate surface area is 146 Å². The van der Waals surface area contributed by atoms with Crippen molar-refractivity contribution in [2.45, 2.75) is 51.4 Å². The van der Waals surface area contributed by atoms with Crippen molar-refractivity contribution in [2.75, 3.05) is 46.3 Å². The highest BCUT2D eigenvalue weighted by molar-refractivity contribution is 5.77. The maximum atomic E-state index is 12.6. The quantitative estimate of drug-likeness (QED) is 0.613. The van der Waals surface area contributed by atoms with E-state index in [-0.39, 0.29) is 5.91 Å². The molecule has 0 aromatic rings. The van der Waals surface area contributed by atoms with Crippen LogP contribution >= 0.6 is 0 Å². The van der Waals surface area contributed by atoms with Gasteiger partial charge in [-0.25, -0.2) is 0 Å². The molecule has 136 valence electrons. The van der Waals surface area contributed by atoms with E-state index in [1.807, 2.05) is 16.8 Å². The molecular weight excluding hydrogens is 302 g/mol. The lowest BCUT2D eigenvalue weighted by Gasteiger charge is -2.28. The first kappa shape index (κ1) is 17.7. The Morgan fingerprint density at radius 1 is 0.875 bits per heavy atom. The molecule has 0 N–H and O–H groups in total. The number of rotatable bonds is 10. The van der Waals surface area contributed by atoms with Crippen LogP contribution < -0.4 is 0 Å². The molecule has 2 amide bonds. The van der Waals surface area contributed by atoms with E-state index in [0.29, 0.717) is 43.7 Å². The second-order valence-electron chi connectivity index (χ2n) is 8.04. The van der Waals surface area contributed by atoms with Gasteiger partial charge < -0.3 is 14.7 Å². The maximum absolute atomic E-state index is 12.6. The number of hydrogen-bond acceptors (Lipinski definition) is 3. The highest BCUT2D eigenvalue weighted by atomic mass is 16.2. The summed E-state index contributed by atoms with van der Waals surface area (Å²) in [5.41, 5.74) is 0. The molecule has 1 heterocycles. The molecule has 3 aliphatic rings. The van der Waals surface area contributed by atoms with Crippen LogP contribution in [0.25, 0.3) is 0 Å². The zero-order valence-electron chi connectivity index (χ0n) is 15.2. The molecular formula is C19H33N3O2. The van der Waals surface area contributed by atoms with Gasteiger partial charge in [-0.3, -0.25) is 9.59 Å². The topological polar surface area (TPSA) is 43.9 Å². The van der Waals surface area contributed by atoms with E-state index in [1.165, 1.54) is 51.6 Å². The van der Waals surface area contributed by atoms with E-state index in [1.54, 1.807) is 0 Å². The summed E-state index contributed by atoms with van der Waals surface area (Å²) in [6.07, 6.45) is 8.82. The van der Waals surface area contributed by atoms with Gasteiger partial charge in [0.25, 0.3) is 0 Å². The van der Waals surface area contributed by atoms with Crippen LogP contribution in [0.15, 0.2) is 0 Å². The molecule has 3 rings (SSSR count). The molecule has 3 fully saturated rings. The Morgan fingerprint density at radius 2 is 1.46 bits per heavy atom. The maximum Gasteiger partial charge on any atom is 0.222 e. The van der Waals surface area contributed by atoms with Crippen molar-refractivity contribution in [1.82, 2.24) is 14.7 Å². The Hall–Kier alpha value is -1.10. The summed E-state index contributed by atoms with van der Waals surface area (Å²) in [7, 11) is 1.88. The lowest BCUT2D eigenvalue weighted by molar-refractivity contribution is -0.135. The molecule has 5 heteroatoms. The molecule has 0 spiro atoms. The molecule has 0 aromatic heterocycles. The first-order valence-corrected chi connectivity index (χ1v) is 9.86. The zero-order chi connectivity index (χ0) is 16.9. The predicted molar refractivity (Wildman–Crippen MR) is 94.6 cm³/mol. The van der Waals surface area contributed by atoms with Crippen LogP contribution in [0, 0.1) is 11.8 Å². The van der Waals surface area contributed by atoms with Crippen molar-refractivity contribution in [3.63, 3.8) is 0 Å². The molecule has 2 saturated carbocycles. The molecule has 0 aromatic carbocycles. The Bertz CT molecular complexity index is 440. The number of carbonyl (C=O) groups excluding carboxylic acids is 2. The van der Waals surface area contributed by atoms with Crippen LogP contribution in [-0.2, 0) is 9.59 Å². The highest BCUT2D eigenvalue weighted by Crippen LogP contribution is 2.33. The Balaban J connectivity index is 1.43. The summed E-state index contributed by atoms with van der Waals surface area (Å²) in [5.74, 6) is 1.79. The average molecular weight is 335 g/mol. The van der Waals surface area contributed by atoms with Gasteiger partial charge in [-0.15, -0.1) is 0 Å². The molecule has 0 bridgehead atoms. The molecule has 1 saturated heterocycles. The molecule has 2 aliphatic carbocycles. The zero-order valence-corrected chi connectivity index (χ0v) is 15.2. The van der Waals surface area contributed by atoms with Gasteiger partial charge in [0.2, 0.25) is 11.8 Å². The van der Waals surface area contributed by atoms with E-state index in [4.69, 9.17) is 0 Å². The van der Waals surface area contributed by atoms with Crippen molar-refractivity contribution in [2.24, 2.45) is 11.8 Å². The molecule has 0 atom stereocenters. The molecule has 0 radical (unpaired) electrons. The minimum atomic E-state index is 0.242. The number of nitrogens with zero attached hydrogens (tertiary/aromatic N) is 3. The van der Waals surface area contributed by atoms with Crippen LogP contribution in [0.3, 0.4) is 0 Å². The van der Waals surface area contributed by atoms with Crippen molar-refractivity contribution >= 4 is 11.8 Å². The van der Waals surface area contributed by atoms with Crippen LogP contribution in [0.5, 0.6) is 0 Å². The predicted octanol–water partition coefficient (Wildman–Crippen LogP) is 1.97. The van der Waals surface area contributed by atoms with Gasteiger partial charge in [0.05, 0.1) is 0 Å². The van der Waals surface area contributed by atoms with Crippen LogP contribution in [0.1, 0.15) is 51.4 Å². The summed E-state index contributed by atoms with van der Waals surface area (Å²) in [6, 6.07) is 0. The standard InChI is InChI=1S/C19H33N3O2/c1-20(18(23)14-16-4-5-16)10-12-22(19(24)15-17-6-7-17)13-11-21-8-2-3-9-21/h16-17H,2-15H2,1H3. The van der Waals surface area contributed by atoms with Gasteiger partial charge in [0, 0.05) is 46.1 Å². The van der Waals surface area contributed by atoms with Gasteiger partial charge >= 0.3 is 0 Å². The van der Waals surface area contributed by atoms with E-state index < -0.39 is 0 Å². The van der Waals surface area contributed by atoms with Gasteiger partial charge in [0.1, 0.15) is 0 Å². The van der Waals surface area contributed by atoms with E-state index in [9.17, 15) is 9.59 Å². The fourth-order valence-corrected chi connectivity index (χ4v) is 3.45. The van der Waals surface area contributed by atoms with Gasteiger partial charge in [-0.05, 0) is 63.5 Å². The third-order valence-corrected chi connectivity index (χ3v) is 5.69. The summed E-state index contributed by atoms with van der Waals surface area (Å²) in [4.78, 5) is 31.0. The lowest BCUT2D eigenvalue weighted by atomic mass is 10.2. The van der Waals surface area contributed by atoms with Gasteiger partial charge in [0.15, 0.2) is 0 Å². The summed E-state index contributed by atoms with van der Waals surface area (Å²) < 4.78 is 0. The van der Waals surface area contributed by atoms with E-state index in [0.717, 1.165) is 13.1 Å². The summed E-state index contributed by atoms with van der Waals surface area (Å²) in [5, 5.41) is 0. The first-order chi connectivity index (χ1) is 11.6. The molecule has 0 unspecified atom stereocenters. The van der Waals surface area contributed by atoms with Crippen molar-refractivity contribution in [1.29, 1.82) is 0 Å².